The summed E-state index contributed by atoms with van der Waals surface area (Å²) in [5, 5.41) is 9.39. The summed E-state index contributed by atoms with van der Waals surface area (Å²) in [5.41, 5.74) is 1.14. The molecule has 19 heavy (non-hydrogen) atoms. The smallest absolute Gasteiger partial charge is 0.231 e. The second-order valence-electron chi connectivity index (χ2n) is 5.13. The van der Waals surface area contributed by atoms with Crippen LogP contribution < -0.4 is 9.47 Å². The van der Waals surface area contributed by atoms with E-state index in [1.54, 1.807) is 0 Å². The number of nitriles is 1. The van der Waals surface area contributed by atoms with Crippen LogP contribution in [0.2, 0.25) is 0 Å². The van der Waals surface area contributed by atoms with Gasteiger partial charge in [0, 0.05) is 6.42 Å². The van der Waals surface area contributed by atoms with Gasteiger partial charge in [0.25, 0.3) is 0 Å². The Kier molecular flexibility index (Phi) is 3.56. The van der Waals surface area contributed by atoms with Gasteiger partial charge in [-0.05, 0) is 43.6 Å². The molecule has 4 nitrogen and oxygen atoms in total. The fraction of sp³-hybridized carbons (Fsp3) is 0.533. The number of fused-ring (bicyclic) bond motifs is 1. The molecule has 1 unspecified atom stereocenters. The van der Waals surface area contributed by atoms with Gasteiger partial charge in [0.1, 0.15) is 6.04 Å². The minimum atomic E-state index is -0.0272. The third-order valence-electron chi connectivity index (χ3n) is 3.85. The first-order chi connectivity index (χ1) is 9.36. The number of ether oxygens (including phenoxy) is 2. The van der Waals surface area contributed by atoms with Crippen LogP contribution in [-0.2, 0) is 6.42 Å². The van der Waals surface area contributed by atoms with E-state index in [4.69, 9.17) is 9.47 Å². The van der Waals surface area contributed by atoms with Crippen molar-refractivity contribution in [3.05, 3.63) is 23.8 Å². The molecule has 0 N–H and O–H groups in total. The maximum Gasteiger partial charge on any atom is 0.231 e. The topological polar surface area (TPSA) is 45.5 Å². The van der Waals surface area contributed by atoms with Crippen LogP contribution in [0.3, 0.4) is 0 Å². The van der Waals surface area contributed by atoms with Gasteiger partial charge in [0.2, 0.25) is 6.79 Å². The van der Waals surface area contributed by atoms with Crippen LogP contribution in [-0.4, -0.2) is 30.8 Å². The molecule has 0 spiro atoms. The maximum absolute atomic E-state index is 9.39. The van der Waals surface area contributed by atoms with E-state index in [9.17, 15) is 5.26 Å². The molecule has 4 heteroatoms. The van der Waals surface area contributed by atoms with Crippen LogP contribution in [0.15, 0.2) is 18.2 Å². The minimum Gasteiger partial charge on any atom is -0.454 e. The maximum atomic E-state index is 9.39. The lowest BCUT2D eigenvalue weighted by Gasteiger charge is -2.30. The first-order valence-electron chi connectivity index (χ1n) is 6.89. The predicted octanol–water partition coefficient (Wildman–Crippen LogP) is 2.34. The SMILES string of the molecule is N#CC(Cc1ccc2c(c1)OCO2)N1CCCCC1. The summed E-state index contributed by atoms with van der Waals surface area (Å²) in [7, 11) is 0. The van der Waals surface area contributed by atoms with Crippen LogP contribution >= 0.6 is 0 Å². The Balaban J connectivity index is 1.70. The fourth-order valence-corrected chi connectivity index (χ4v) is 2.78. The number of hydrogen-bond acceptors (Lipinski definition) is 4. The van der Waals surface area contributed by atoms with Crippen molar-refractivity contribution in [1.82, 2.24) is 4.90 Å². The van der Waals surface area contributed by atoms with Gasteiger partial charge in [0.05, 0.1) is 6.07 Å². The average Bonchev–Trinajstić information content (AvgIpc) is 2.93. The van der Waals surface area contributed by atoms with E-state index in [-0.39, 0.29) is 6.04 Å². The molecule has 100 valence electrons. The van der Waals surface area contributed by atoms with Gasteiger partial charge < -0.3 is 9.47 Å². The first kappa shape index (κ1) is 12.3. The molecular formula is C15H18N2O2. The molecule has 2 aliphatic heterocycles. The Morgan fingerprint density at radius 3 is 2.74 bits per heavy atom. The number of piperidine rings is 1. The summed E-state index contributed by atoms with van der Waals surface area (Å²) in [4.78, 5) is 2.30. The zero-order valence-electron chi connectivity index (χ0n) is 11.0. The van der Waals surface area contributed by atoms with E-state index >= 15 is 0 Å². The van der Waals surface area contributed by atoms with Gasteiger partial charge in [-0.3, -0.25) is 4.90 Å². The van der Waals surface area contributed by atoms with Crippen LogP contribution in [0.4, 0.5) is 0 Å². The summed E-state index contributed by atoms with van der Waals surface area (Å²) in [5.74, 6) is 1.60. The summed E-state index contributed by atoms with van der Waals surface area (Å²) in [6.07, 6.45) is 4.46. The normalized spacial score (nSPS) is 19.9. The van der Waals surface area contributed by atoms with Crippen molar-refractivity contribution in [3.8, 4) is 17.6 Å². The molecular weight excluding hydrogens is 240 g/mol. The van der Waals surface area contributed by atoms with Crippen molar-refractivity contribution in [3.63, 3.8) is 0 Å². The van der Waals surface area contributed by atoms with E-state index in [2.05, 4.69) is 11.0 Å². The Morgan fingerprint density at radius 2 is 1.95 bits per heavy atom. The molecule has 0 aliphatic carbocycles. The molecule has 1 fully saturated rings. The van der Waals surface area contributed by atoms with Crippen LogP contribution in [0.25, 0.3) is 0 Å². The van der Waals surface area contributed by atoms with Crippen molar-refractivity contribution in [2.75, 3.05) is 19.9 Å². The summed E-state index contributed by atoms with van der Waals surface area (Å²) >= 11 is 0. The summed E-state index contributed by atoms with van der Waals surface area (Å²) in [6.45, 7) is 2.39. The average molecular weight is 258 g/mol. The predicted molar refractivity (Wildman–Crippen MR) is 71.1 cm³/mol. The molecule has 2 heterocycles. The second kappa shape index (κ2) is 5.50. The Morgan fingerprint density at radius 1 is 1.16 bits per heavy atom. The monoisotopic (exact) mass is 258 g/mol. The molecule has 1 saturated heterocycles. The zero-order chi connectivity index (χ0) is 13.1. The lowest BCUT2D eigenvalue weighted by atomic mass is 10.0. The molecule has 0 amide bonds. The fourth-order valence-electron chi connectivity index (χ4n) is 2.78. The molecule has 1 atom stereocenters. The molecule has 1 aromatic rings. The van der Waals surface area contributed by atoms with Crippen LogP contribution in [0, 0.1) is 11.3 Å². The van der Waals surface area contributed by atoms with Crippen molar-refractivity contribution < 1.29 is 9.47 Å². The van der Waals surface area contributed by atoms with Gasteiger partial charge >= 0.3 is 0 Å². The highest BCUT2D eigenvalue weighted by Crippen LogP contribution is 2.33. The zero-order valence-corrected chi connectivity index (χ0v) is 11.0. The number of hydrogen-bond donors (Lipinski definition) is 0. The van der Waals surface area contributed by atoms with E-state index in [0.29, 0.717) is 6.79 Å². The van der Waals surface area contributed by atoms with E-state index < -0.39 is 0 Å². The summed E-state index contributed by atoms with van der Waals surface area (Å²) < 4.78 is 10.7. The van der Waals surface area contributed by atoms with Gasteiger partial charge in [-0.1, -0.05) is 12.5 Å². The number of likely N-dealkylation sites (tertiary alicyclic amines) is 1. The number of rotatable bonds is 3. The second-order valence-corrected chi connectivity index (χ2v) is 5.13. The molecule has 3 rings (SSSR count). The van der Waals surface area contributed by atoms with Gasteiger partial charge in [-0.2, -0.15) is 5.26 Å². The van der Waals surface area contributed by atoms with E-state index in [1.807, 2.05) is 18.2 Å². The van der Waals surface area contributed by atoms with Crippen molar-refractivity contribution in [2.24, 2.45) is 0 Å². The third kappa shape index (κ3) is 2.66. The highest BCUT2D eigenvalue weighted by molar-refractivity contribution is 5.44. The van der Waals surface area contributed by atoms with E-state index in [0.717, 1.165) is 36.6 Å². The quantitative estimate of drug-likeness (QED) is 0.834. The Labute approximate surface area is 113 Å². The molecule has 2 aliphatic rings. The molecule has 0 saturated carbocycles. The molecule has 0 radical (unpaired) electrons. The van der Waals surface area contributed by atoms with Gasteiger partial charge in [0.15, 0.2) is 11.5 Å². The molecule has 0 bridgehead atoms. The number of benzene rings is 1. The number of nitrogens with zero attached hydrogens (tertiary/aromatic N) is 2. The van der Waals surface area contributed by atoms with Crippen LogP contribution in [0.1, 0.15) is 24.8 Å². The summed E-state index contributed by atoms with van der Waals surface area (Å²) in [6, 6.07) is 8.37. The van der Waals surface area contributed by atoms with E-state index in [1.165, 1.54) is 19.3 Å². The van der Waals surface area contributed by atoms with Gasteiger partial charge in [-0.25, -0.2) is 0 Å². The minimum absolute atomic E-state index is 0.0272. The van der Waals surface area contributed by atoms with Crippen LogP contribution in [0.5, 0.6) is 11.5 Å². The van der Waals surface area contributed by atoms with Crippen molar-refractivity contribution >= 4 is 0 Å². The third-order valence-corrected chi connectivity index (χ3v) is 3.85. The van der Waals surface area contributed by atoms with Gasteiger partial charge in [-0.15, -0.1) is 0 Å². The largest absolute Gasteiger partial charge is 0.454 e. The lowest BCUT2D eigenvalue weighted by molar-refractivity contribution is 0.174. The van der Waals surface area contributed by atoms with Crippen molar-refractivity contribution in [1.29, 1.82) is 5.26 Å². The lowest BCUT2D eigenvalue weighted by Crippen LogP contribution is -2.39. The highest BCUT2D eigenvalue weighted by atomic mass is 16.7. The molecule has 0 aromatic heterocycles. The Bertz CT molecular complexity index is 489. The highest BCUT2D eigenvalue weighted by Gasteiger charge is 2.21. The van der Waals surface area contributed by atoms with Crippen molar-refractivity contribution in [2.45, 2.75) is 31.7 Å². The standard InChI is InChI=1S/C15H18N2O2/c16-10-13(17-6-2-1-3-7-17)8-12-4-5-14-15(9-12)19-11-18-14/h4-5,9,13H,1-3,6-8,11H2. The molecule has 1 aromatic carbocycles. The first-order valence-corrected chi connectivity index (χ1v) is 6.89. The Hall–Kier alpha value is -1.73.